The van der Waals surface area contributed by atoms with E-state index in [9.17, 15) is 14.0 Å². The van der Waals surface area contributed by atoms with Gasteiger partial charge < -0.3 is 16.0 Å². The minimum absolute atomic E-state index is 0.0803. The SMILES string of the molecule is CC(C)C(=O)NC1=CC(C(=O)NCc2ccc(CCC(C)(F)I)nc2)=C[C@H](C)N1. The summed E-state index contributed by atoms with van der Waals surface area (Å²) in [7, 11) is 0. The summed E-state index contributed by atoms with van der Waals surface area (Å²) in [6, 6.07) is 3.66. The third-order valence-corrected chi connectivity index (χ3v) is 4.86. The molecule has 0 bridgehead atoms. The van der Waals surface area contributed by atoms with Crippen LogP contribution >= 0.6 is 22.6 Å². The van der Waals surface area contributed by atoms with Crippen molar-refractivity contribution in [2.24, 2.45) is 5.92 Å². The summed E-state index contributed by atoms with van der Waals surface area (Å²) in [6.45, 7) is 7.40. The fourth-order valence-electron chi connectivity index (χ4n) is 2.63. The topological polar surface area (TPSA) is 83.1 Å². The first-order valence-electron chi connectivity index (χ1n) is 9.64. The van der Waals surface area contributed by atoms with E-state index in [4.69, 9.17) is 0 Å². The molecule has 1 aliphatic rings. The summed E-state index contributed by atoms with van der Waals surface area (Å²) in [5.41, 5.74) is 2.17. The van der Waals surface area contributed by atoms with Gasteiger partial charge in [0.05, 0.1) is 0 Å². The van der Waals surface area contributed by atoms with E-state index in [-0.39, 0.29) is 23.8 Å². The lowest BCUT2D eigenvalue weighted by Gasteiger charge is -2.22. The van der Waals surface area contributed by atoms with E-state index in [1.165, 1.54) is 0 Å². The predicted octanol–water partition coefficient (Wildman–Crippen LogP) is 3.28. The first-order valence-corrected chi connectivity index (χ1v) is 10.7. The first-order chi connectivity index (χ1) is 13.5. The van der Waals surface area contributed by atoms with E-state index in [1.807, 2.05) is 32.9 Å². The summed E-state index contributed by atoms with van der Waals surface area (Å²) in [4.78, 5) is 28.8. The molecule has 1 aromatic rings. The highest BCUT2D eigenvalue weighted by molar-refractivity contribution is 14.1. The van der Waals surface area contributed by atoms with Gasteiger partial charge in [0.25, 0.3) is 5.91 Å². The van der Waals surface area contributed by atoms with Gasteiger partial charge in [-0.2, -0.15) is 0 Å². The highest BCUT2D eigenvalue weighted by atomic mass is 127. The quantitative estimate of drug-likeness (QED) is 0.368. The molecule has 3 N–H and O–H groups in total. The van der Waals surface area contributed by atoms with Gasteiger partial charge in [0.15, 0.2) is 3.68 Å². The number of hydrogen-bond acceptors (Lipinski definition) is 4. The van der Waals surface area contributed by atoms with E-state index in [0.717, 1.165) is 11.3 Å². The van der Waals surface area contributed by atoms with Crippen LogP contribution in [0.4, 0.5) is 4.39 Å². The van der Waals surface area contributed by atoms with E-state index in [1.54, 1.807) is 47.9 Å². The van der Waals surface area contributed by atoms with Crippen LogP contribution < -0.4 is 16.0 Å². The molecule has 1 unspecified atom stereocenters. The second-order valence-corrected chi connectivity index (χ2v) is 9.92. The summed E-state index contributed by atoms with van der Waals surface area (Å²) < 4.78 is 12.3. The minimum Gasteiger partial charge on any atom is -0.366 e. The molecule has 2 atom stereocenters. The number of nitrogens with one attached hydrogen (secondary N) is 3. The Bertz CT molecular complexity index is 798. The Balaban J connectivity index is 1.92. The Morgan fingerprint density at radius 1 is 1.38 bits per heavy atom. The van der Waals surface area contributed by atoms with Crippen LogP contribution in [0.5, 0.6) is 0 Å². The number of aryl methyl sites for hydroxylation is 1. The maximum Gasteiger partial charge on any atom is 0.251 e. The monoisotopic (exact) mass is 514 g/mol. The van der Waals surface area contributed by atoms with E-state index in [2.05, 4.69) is 20.9 Å². The molecule has 0 saturated heterocycles. The molecular weight excluding hydrogens is 486 g/mol. The molecule has 1 aliphatic heterocycles. The smallest absolute Gasteiger partial charge is 0.251 e. The average Bonchev–Trinajstić information content (AvgIpc) is 2.64. The van der Waals surface area contributed by atoms with Crippen LogP contribution in [0.3, 0.4) is 0 Å². The molecule has 0 saturated carbocycles. The van der Waals surface area contributed by atoms with Crippen molar-refractivity contribution in [1.82, 2.24) is 20.9 Å². The molecular formula is C21H28FIN4O2. The van der Waals surface area contributed by atoms with Gasteiger partial charge in [-0.05, 0) is 73.1 Å². The van der Waals surface area contributed by atoms with Crippen LogP contribution in [-0.4, -0.2) is 26.5 Å². The standard InChI is InChI=1S/C21H28FIN4O2/c1-13(2)19(28)27-18-10-16(9-14(3)26-18)20(29)25-12-15-5-6-17(24-11-15)7-8-21(4,22)23/h5-6,9-11,13-14,26H,7-8,12H2,1-4H3,(H,25,29)(H,27,28)/t14-,21?/m0/s1. The number of aromatic nitrogens is 1. The molecule has 29 heavy (non-hydrogen) atoms. The van der Waals surface area contributed by atoms with Gasteiger partial charge in [-0.25, -0.2) is 4.39 Å². The number of hydrogen-bond donors (Lipinski definition) is 3. The lowest BCUT2D eigenvalue weighted by Crippen LogP contribution is -2.40. The Hall–Kier alpha value is -1.97. The second-order valence-electron chi connectivity index (χ2n) is 7.67. The lowest BCUT2D eigenvalue weighted by molar-refractivity contribution is -0.123. The zero-order chi connectivity index (χ0) is 21.6. The number of halogens is 2. The predicted molar refractivity (Wildman–Crippen MR) is 120 cm³/mol. The third-order valence-electron chi connectivity index (χ3n) is 4.32. The maximum atomic E-state index is 13.6. The molecule has 8 heteroatoms. The number of carbonyl (C=O) groups excluding carboxylic acids is 2. The van der Waals surface area contributed by atoms with E-state index >= 15 is 0 Å². The summed E-state index contributed by atoms with van der Waals surface area (Å²) in [6.07, 6.45) is 6.10. The average molecular weight is 514 g/mol. The van der Waals surface area contributed by atoms with Gasteiger partial charge in [0, 0.05) is 36.0 Å². The van der Waals surface area contributed by atoms with Crippen molar-refractivity contribution in [3.63, 3.8) is 0 Å². The highest BCUT2D eigenvalue weighted by Gasteiger charge is 2.19. The molecule has 0 radical (unpaired) electrons. The van der Waals surface area contributed by atoms with Gasteiger partial charge >= 0.3 is 0 Å². The number of nitrogens with zero attached hydrogens (tertiary/aromatic N) is 1. The number of carbonyl (C=O) groups is 2. The van der Waals surface area contributed by atoms with Crippen LogP contribution in [0, 0.1) is 5.92 Å². The molecule has 6 nitrogen and oxygen atoms in total. The third kappa shape index (κ3) is 8.12. The zero-order valence-electron chi connectivity index (χ0n) is 17.2. The number of dihydropyridines is 1. The van der Waals surface area contributed by atoms with Gasteiger partial charge in [0.2, 0.25) is 5.91 Å². The molecule has 0 aromatic carbocycles. The second kappa shape index (κ2) is 10.2. The van der Waals surface area contributed by atoms with Gasteiger partial charge in [-0.1, -0.05) is 19.9 Å². The van der Waals surface area contributed by atoms with Crippen LogP contribution in [0.25, 0.3) is 0 Å². The van der Waals surface area contributed by atoms with E-state index in [0.29, 0.717) is 30.8 Å². The van der Waals surface area contributed by atoms with Crippen molar-refractivity contribution in [1.29, 1.82) is 0 Å². The zero-order valence-corrected chi connectivity index (χ0v) is 19.3. The molecule has 0 aliphatic carbocycles. The Labute approximate surface area is 185 Å². The molecule has 158 valence electrons. The summed E-state index contributed by atoms with van der Waals surface area (Å²) in [5, 5.41) is 8.78. The van der Waals surface area contributed by atoms with Crippen molar-refractivity contribution in [3.05, 3.63) is 53.1 Å². The molecule has 2 rings (SSSR count). The van der Waals surface area contributed by atoms with Gasteiger partial charge in [0.1, 0.15) is 5.82 Å². The van der Waals surface area contributed by atoms with Crippen molar-refractivity contribution in [2.45, 2.75) is 56.8 Å². The molecule has 2 amide bonds. The number of rotatable bonds is 8. The fourth-order valence-corrected chi connectivity index (χ4v) is 2.90. The van der Waals surface area contributed by atoms with Crippen molar-refractivity contribution in [2.75, 3.05) is 0 Å². The summed E-state index contributed by atoms with van der Waals surface area (Å²) in [5.74, 6) is 0.0310. The lowest BCUT2D eigenvalue weighted by atomic mass is 10.1. The van der Waals surface area contributed by atoms with Crippen molar-refractivity contribution in [3.8, 4) is 0 Å². The maximum absolute atomic E-state index is 13.6. The van der Waals surface area contributed by atoms with E-state index < -0.39 is 3.68 Å². The summed E-state index contributed by atoms with van der Waals surface area (Å²) >= 11 is 1.78. The molecule has 1 aromatic heterocycles. The van der Waals surface area contributed by atoms with Crippen LogP contribution in [0.1, 0.15) is 45.4 Å². The Morgan fingerprint density at radius 2 is 2.10 bits per heavy atom. The fraction of sp³-hybridized carbons (Fsp3) is 0.476. The van der Waals surface area contributed by atoms with Gasteiger partial charge in [-0.3, -0.25) is 14.6 Å². The Morgan fingerprint density at radius 3 is 2.69 bits per heavy atom. The number of amides is 2. The number of pyridine rings is 1. The Kier molecular flexibility index (Phi) is 8.18. The highest BCUT2D eigenvalue weighted by Crippen LogP contribution is 2.25. The largest absolute Gasteiger partial charge is 0.366 e. The first kappa shape index (κ1) is 23.3. The van der Waals surface area contributed by atoms with Gasteiger partial charge in [-0.15, -0.1) is 0 Å². The van der Waals surface area contributed by atoms with Crippen LogP contribution in [-0.2, 0) is 22.6 Å². The number of alkyl halides is 2. The molecule has 2 heterocycles. The normalized spacial score (nSPS) is 18.2. The van der Waals surface area contributed by atoms with Crippen molar-refractivity contribution >= 4 is 34.4 Å². The minimum atomic E-state index is -1.24. The molecule has 0 fully saturated rings. The molecule has 0 spiro atoms. The van der Waals surface area contributed by atoms with Crippen molar-refractivity contribution < 1.29 is 14.0 Å². The van der Waals surface area contributed by atoms with Crippen LogP contribution in [0.2, 0.25) is 0 Å². The van der Waals surface area contributed by atoms with Crippen LogP contribution in [0.15, 0.2) is 41.9 Å².